The van der Waals surface area contributed by atoms with Gasteiger partial charge in [-0.25, -0.2) is 0 Å². The average Bonchev–Trinajstić information content (AvgIpc) is 3.47. The Kier molecular flexibility index (Phi) is 5.31. The van der Waals surface area contributed by atoms with Crippen molar-refractivity contribution in [2.75, 3.05) is 17.2 Å². The van der Waals surface area contributed by atoms with Gasteiger partial charge in [-0.2, -0.15) is 0 Å². The van der Waals surface area contributed by atoms with Crippen LogP contribution in [0.15, 0.2) is 48.5 Å². The number of carbonyl (C=O) groups is 3. The minimum atomic E-state index is -0.305. The highest BCUT2D eigenvalue weighted by atomic mass is 16.2. The molecule has 6 nitrogen and oxygen atoms in total. The summed E-state index contributed by atoms with van der Waals surface area (Å²) < 4.78 is 0. The van der Waals surface area contributed by atoms with Crippen LogP contribution in [0.5, 0.6) is 0 Å². The molecule has 1 saturated carbocycles. The molecule has 0 bridgehead atoms. The molecule has 3 amide bonds. The molecule has 2 aromatic carbocycles. The first kappa shape index (κ1) is 17.7. The maximum absolute atomic E-state index is 12.5. The second kappa shape index (κ2) is 7.82. The van der Waals surface area contributed by atoms with E-state index in [0.29, 0.717) is 29.0 Å². The molecule has 1 aliphatic carbocycles. The van der Waals surface area contributed by atoms with E-state index in [1.807, 2.05) is 6.92 Å². The first-order valence-corrected chi connectivity index (χ1v) is 8.67. The fourth-order valence-electron chi connectivity index (χ4n) is 2.53. The van der Waals surface area contributed by atoms with E-state index < -0.39 is 0 Å². The van der Waals surface area contributed by atoms with Crippen LogP contribution in [-0.2, 0) is 4.79 Å². The minimum absolute atomic E-state index is 0.00260. The Balaban J connectivity index is 1.69. The number of rotatable bonds is 6. The predicted molar refractivity (Wildman–Crippen MR) is 100 cm³/mol. The van der Waals surface area contributed by atoms with Gasteiger partial charge in [0.25, 0.3) is 11.8 Å². The van der Waals surface area contributed by atoms with Crippen molar-refractivity contribution in [2.24, 2.45) is 5.92 Å². The van der Waals surface area contributed by atoms with Gasteiger partial charge in [-0.05, 0) is 56.2 Å². The van der Waals surface area contributed by atoms with Crippen molar-refractivity contribution >= 4 is 29.1 Å². The first-order chi connectivity index (χ1) is 12.6. The van der Waals surface area contributed by atoms with E-state index in [1.54, 1.807) is 48.5 Å². The van der Waals surface area contributed by atoms with Crippen molar-refractivity contribution in [1.82, 2.24) is 5.32 Å². The van der Waals surface area contributed by atoms with Crippen molar-refractivity contribution in [3.63, 3.8) is 0 Å². The topological polar surface area (TPSA) is 87.3 Å². The Labute approximate surface area is 152 Å². The summed E-state index contributed by atoms with van der Waals surface area (Å²) >= 11 is 0. The second-order valence-corrected chi connectivity index (χ2v) is 6.24. The quantitative estimate of drug-likeness (QED) is 0.747. The summed E-state index contributed by atoms with van der Waals surface area (Å²) in [7, 11) is 0. The molecule has 134 valence electrons. The van der Waals surface area contributed by atoms with Gasteiger partial charge in [-0.1, -0.05) is 12.1 Å². The normalized spacial score (nSPS) is 13.0. The summed E-state index contributed by atoms with van der Waals surface area (Å²) in [6, 6.07) is 13.6. The SMILES string of the molecule is CCNC(=O)c1cccc(NC(=O)c2cccc(NC(=O)C3CC3)c2)c1. The Bertz CT molecular complexity index is 844. The minimum Gasteiger partial charge on any atom is -0.352 e. The molecule has 0 saturated heterocycles. The van der Waals surface area contributed by atoms with E-state index in [-0.39, 0.29) is 23.6 Å². The number of hydrogen-bond acceptors (Lipinski definition) is 3. The summed E-state index contributed by atoms with van der Waals surface area (Å²) in [5.41, 5.74) is 2.05. The van der Waals surface area contributed by atoms with Gasteiger partial charge in [0, 0.05) is 35.0 Å². The van der Waals surface area contributed by atoms with E-state index in [2.05, 4.69) is 16.0 Å². The molecule has 0 heterocycles. The third-order valence-electron chi connectivity index (χ3n) is 4.06. The van der Waals surface area contributed by atoms with E-state index in [4.69, 9.17) is 0 Å². The number of carbonyl (C=O) groups excluding carboxylic acids is 3. The molecular weight excluding hydrogens is 330 g/mol. The van der Waals surface area contributed by atoms with Gasteiger partial charge in [0.2, 0.25) is 5.91 Å². The molecule has 1 fully saturated rings. The molecule has 0 spiro atoms. The fraction of sp³-hybridized carbons (Fsp3) is 0.250. The highest BCUT2D eigenvalue weighted by Crippen LogP contribution is 2.30. The van der Waals surface area contributed by atoms with Crippen molar-refractivity contribution < 1.29 is 14.4 Å². The van der Waals surface area contributed by atoms with E-state index in [9.17, 15) is 14.4 Å². The van der Waals surface area contributed by atoms with Crippen LogP contribution in [-0.4, -0.2) is 24.3 Å². The summed E-state index contributed by atoms with van der Waals surface area (Å²) in [6.45, 7) is 2.38. The van der Waals surface area contributed by atoms with Gasteiger partial charge < -0.3 is 16.0 Å². The molecule has 0 unspecified atom stereocenters. The van der Waals surface area contributed by atoms with Crippen LogP contribution in [0.3, 0.4) is 0 Å². The van der Waals surface area contributed by atoms with Crippen LogP contribution in [0.25, 0.3) is 0 Å². The molecule has 3 N–H and O–H groups in total. The molecule has 0 aromatic heterocycles. The van der Waals surface area contributed by atoms with Crippen LogP contribution in [0.2, 0.25) is 0 Å². The summed E-state index contributed by atoms with van der Waals surface area (Å²) in [4.78, 5) is 36.2. The third kappa shape index (κ3) is 4.47. The van der Waals surface area contributed by atoms with E-state index in [1.165, 1.54) is 0 Å². The monoisotopic (exact) mass is 351 g/mol. The molecule has 2 aromatic rings. The second-order valence-electron chi connectivity index (χ2n) is 6.24. The number of anilines is 2. The lowest BCUT2D eigenvalue weighted by Crippen LogP contribution is -2.22. The summed E-state index contributed by atoms with van der Waals surface area (Å²) in [5, 5.41) is 8.33. The Morgan fingerprint density at radius 3 is 2.04 bits per heavy atom. The molecular formula is C20H21N3O3. The predicted octanol–water partition coefficient (Wildman–Crippen LogP) is 3.04. The fourth-order valence-corrected chi connectivity index (χ4v) is 2.53. The van der Waals surface area contributed by atoms with Gasteiger partial charge >= 0.3 is 0 Å². The van der Waals surface area contributed by atoms with Crippen molar-refractivity contribution in [3.8, 4) is 0 Å². The first-order valence-electron chi connectivity index (χ1n) is 8.67. The lowest BCUT2D eigenvalue weighted by atomic mass is 10.1. The molecule has 0 radical (unpaired) electrons. The Morgan fingerprint density at radius 2 is 1.46 bits per heavy atom. The number of hydrogen-bond donors (Lipinski definition) is 3. The van der Waals surface area contributed by atoms with E-state index >= 15 is 0 Å². The molecule has 3 rings (SSSR count). The maximum Gasteiger partial charge on any atom is 0.255 e. The van der Waals surface area contributed by atoms with Gasteiger partial charge in [0.1, 0.15) is 0 Å². The van der Waals surface area contributed by atoms with Crippen molar-refractivity contribution in [3.05, 3.63) is 59.7 Å². The van der Waals surface area contributed by atoms with E-state index in [0.717, 1.165) is 12.8 Å². The summed E-state index contributed by atoms with van der Waals surface area (Å²) in [5.74, 6) is -0.393. The van der Waals surface area contributed by atoms with Crippen LogP contribution in [0, 0.1) is 5.92 Å². The largest absolute Gasteiger partial charge is 0.352 e. The van der Waals surface area contributed by atoms with Gasteiger partial charge in [0.05, 0.1) is 0 Å². The van der Waals surface area contributed by atoms with Crippen LogP contribution < -0.4 is 16.0 Å². The molecule has 6 heteroatoms. The molecule has 26 heavy (non-hydrogen) atoms. The zero-order valence-electron chi connectivity index (χ0n) is 14.5. The lowest BCUT2D eigenvalue weighted by Gasteiger charge is -2.09. The third-order valence-corrected chi connectivity index (χ3v) is 4.06. The Hall–Kier alpha value is -3.15. The average molecular weight is 351 g/mol. The van der Waals surface area contributed by atoms with Crippen LogP contribution in [0.4, 0.5) is 11.4 Å². The smallest absolute Gasteiger partial charge is 0.255 e. The Morgan fingerprint density at radius 1 is 0.885 bits per heavy atom. The molecule has 0 aliphatic heterocycles. The summed E-state index contributed by atoms with van der Waals surface area (Å²) in [6.07, 6.45) is 1.85. The number of benzene rings is 2. The lowest BCUT2D eigenvalue weighted by molar-refractivity contribution is -0.117. The highest BCUT2D eigenvalue weighted by molar-refractivity contribution is 6.06. The maximum atomic E-state index is 12.5. The number of amides is 3. The van der Waals surface area contributed by atoms with Crippen molar-refractivity contribution in [1.29, 1.82) is 0 Å². The standard InChI is InChI=1S/C20H21N3O3/c1-2-21-18(24)14-5-3-7-16(11-14)23-20(26)15-6-4-8-17(12-15)22-19(25)13-9-10-13/h3-8,11-13H,2,9-10H2,1H3,(H,21,24)(H,22,25)(H,23,26). The van der Waals surface area contributed by atoms with Crippen LogP contribution >= 0.6 is 0 Å². The number of nitrogens with one attached hydrogen (secondary N) is 3. The van der Waals surface area contributed by atoms with Gasteiger partial charge in [-0.15, -0.1) is 0 Å². The zero-order chi connectivity index (χ0) is 18.5. The zero-order valence-corrected chi connectivity index (χ0v) is 14.5. The van der Waals surface area contributed by atoms with Gasteiger partial charge in [-0.3, -0.25) is 14.4 Å². The van der Waals surface area contributed by atoms with Gasteiger partial charge in [0.15, 0.2) is 0 Å². The molecule has 1 aliphatic rings. The van der Waals surface area contributed by atoms with Crippen molar-refractivity contribution in [2.45, 2.75) is 19.8 Å². The molecule has 0 atom stereocenters. The highest BCUT2D eigenvalue weighted by Gasteiger charge is 2.29. The van der Waals surface area contributed by atoms with Crippen LogP contribution in [0.1, 0.15) is 40.5 Å².